The van der Waals surface area contributed by atoms with Crippen molar-refractivity contribution < 1.29 is 28.6 Å². The summed E-state index contributed by atoms with van der Waals surface area (Å²) in [6.07, 6.45) is 61.6. The van der Waals surface area contributed by atoms with E-state index in [1.54, 1.807) is 0 Å². The molecular weight excluding hydrogens is 781 g/mol. The van der Waals surface area contributed by atoms with Gasteiger partial charge in [0.05, 0.1) is 0 Å². The lowest BCUT2D eigenvalue weighted by atomic mass is 10.0. The fourth-order valence-electron chi connectivity index (χ4n) is 7.94. The van der Waals surface area contributed by atoms with Gasteiger partial charge in [-0.2, -0.15) is 0 Å². The van der Waals surface area contributed by atoms with E-state index in [-0.39, 0.29) is 31.1 Å². The maximum Gasteiger partial charge on any atom is 0.306 e. The monoisotopic (exact) mass is 885 g/mol. The predicted molar refractivity (Wildman–Crippen MR) is 270 cm³/mol. The van der Waals surface area contributed by atoms with E-state index in [0.717, 1.165) is 70.6 Å². The standard InChI is InChI=1S/C57H104O6/c1-4-7-10-13-16-18-20-22-23-24-25-26-27-28-29-30-31-32-33-35-36-38-41-44-47-50-56(59)62-53-54(52-61-55(58)49-46-43-40-15-12-9-6-3)63-57(60)51-48-45-42-39-37-34-21-19-17-14-11-8-5-2/h19-22,24-25,54H,4-18,23,26-53H2,1-3H3/b21-19-,22-20-,25-24-. The largest absolute Gasteiger partial charge is 0.462 e. The smallest absolute Gasteiger partial charge is 0.306 e. The Kier molecular flexibility index (Phi) is 50.3. The second-order valence-electron chi connectivity index (χ2n) is 18.5. The van der Waals surface area contributed by atoms with Gasteiger partial charge in [0.1, 0.15) is 13.2 Å². The average Bonchev–Trinajstić information content (AvgIpc) is 3.28. The van der Waals surface area contributed by atoms with Crippen LogP contribution in [0.5, 0.6) is 0 Å². The van der Waals surface area contributed by atoms with Crippen LogP contribution < -0.4 is 0 Å². The van der Waals surface area contributed by atoms with Gasteiger partial charge in [-0.05, 0) is 77.0 Å². The lowest BCUT2D eigenvalue weighted by Gasteiger charge is -2.18. The van der Waals surface area contributed by atoms with Crippen molar-refractivity contribution in [2.24, 2.45) is 0 Å². The van der Waals surface area contributed by atoms with Crippen molar-refractivity contribution in [3.63, 3.8) is 0 Å². The Morgan fingerprint density at radius 1 is 0.317 bits per heavy atom. The highest BCUT2D eigenvalue weighted by molar-refractivity contribution is 5.71. The first-order valence-electron chi connectivity index (χ1n) is 27.5. The molecule has 0 saturated heterocycles. The SMILES string of the molecule is CCCCCC/C=C\CCCCCCCC(=O)OC(COC(=O)CCCCCCCCC)COC(=O)CCCCCCCCCCCCCCC/C=C\C/C=C\CCCCCCC. The summed E-state index contributed by atoms with van der Waals surface area (Å²) in [4.78, 5) is 37.8. The van der Waals surface area contributed by atoms with Gasteiger partial charge in [0, 0.05) is 19.3 Å². The molecule has 368 valence electrons. The highest BCUT2D eigenvalue weighted by Crippen LogP contribution is 2.16. The molecule has 0 rings (SSSR count). The normalized spacial score (nSPS) is 12.2. The molecule has 0 aliphatic heterocycles. The summed E-state index contributed by atoms with van der Waals surface area (Å²) in [5.41, 5.74) is 0. The van der Waals surface area contributed by atoms with Gasteiger partial charge >= 0.3 is 17.9 Å². The third kappa shape index (κ3) is 50.5. The Morgan fingerprint density at radius 3 is 0.905 bits per heavy atom. The molecule has 0 spiro atoms. The minimum atomic E-state index is -0.771. The van der Waals surface area contributed by atoms with Crippen LogP contribution in [0, 0.1) is 0 Å². The van der Waals surface area contributed by atoms with Crippen molar-refractivity contribution in [2.75, 3.05) is 13.2 Å². The molecule has 0 bridgehead atoms. The lowest BCUT2D eigenvalue weighted by Crippen LogP contribution is -2.30. The molecule has 0 aliphatic rings. The Balaban J connectivity index is 4.11. The summed E-state index contributed by atoms with van der Waals surface area (Å²) in [6.45, 7) is 6.58. The third-order valence-corrected chi connectivity index (χ3v) is 12.1. The van der Waals surface area contributed by atoms with Crippen molar-refractivity contribution >= 4 is 17.9 Å². The molecule has 0 aromatic carbocycles. The van der Waals surface area contributed by atoms with E-state index in [2.05, 4.69) is 57.2 Å². The summed E-state index contributed by atoms with van der Waals surface area (Å²) < 4.78 is 16.7. The molecule has 0 fully saturated rings. The summed E-state index contributed by atoms with van der Waals surface area (Å²) >= 11 is 0. The molecule has 0 saturated carbocycles. The maximum atomic E-state index is 12.7. The number of carbonyl (C=O) groups is 3. The van der Waals surface area contributed by atoms with Crippen LogP contribution >= 0.6 is 0 Å². The number of hydrogen-bond donors (Lipinski definition) is 0. The second-order valence-corrected chi connectivity index (χ2v) is 18.5. The summed E-state index contributed by atoms with van der Waals surface area (Å²) in [6, 6.07) is 0. The minimum Gasteiger partial charge on any atom is -0.462 e. The van der Waals surface area contributed by atoms with E-state index in [4.69, 9.17) is 14.2 Å². The fourth-order valence-corrected chi connectivity index (χ4v) is 7.94. The van der Waals surface area contributed by atoms with Gasteiger partial charge in [-0.25, -0.2) is 0 Å². The maximum absolute atomic E-state index is 12.7. The fraction of sp³-hybridized carbons (Fsp3) is 0.842. The van der Waals surface area contributed by atoms with Crippen molar-refractivity contribution in [1.29, 1.82) is 0 Å². The molecule has 0 N–H and O–H groups in total. The van der Waals surface area contributed by atoms with Gasteiger partial charge in [-0.1, -0.05) is 231 Å². The molecule has 1 atom stereocenters. The lowest BCUT2D eigenvalue weighted by molar-refractivity contribution is -0.167. The van der Waals surface area contributed by atoms with Crippen LogP contribution in [0.25, 0.3) is 0 Å². The van der Waals surface area contributed by atoms with Crippen molar-refractivity contribution in [2.45, 2.75) is 297 Å². The van der Waals surface area contributed by atoms with Crippen LogP contribution in [-0.4, -0.2) is 37.2 Å². The molecular formula is C57H104O6. The first kappa shape index (κ1) is 60.6. The van der Waals surface area contributed by atoms with E-state index >= 15 is 0 Å². The molecule has 0 heterocycles. The van der Waals surface area contributed by atoms with Crippen molar-refractivity contribution in [3.8, 4) is 0 Å². The topological polar surface area (TPSA) is 78.9 Å². The molecule has 0 aromatic heterocycles. The van der Waals surface area contributed by atoms with Gasteiger partial charge in [0.25, 0.3) is 0 Å². The number of carbonyl (C=O) groups excluding carboxylic acids is 3. The zero-order valence-electron chi connectivity index (χ0n) is 42.1. The second kappa shape index (κ2) is 52.3. The van der Waals surface area contributed by atoms with Crippen LogP contribution in [0.1, 0.15) is 290 Å². The minimum absolute atomic E-state index is 0.0732. The molecule has 1 unspecified atom stereocenters. The third-order valence-electron chi connectivity index (χ3n) is 12.1. The molecule has 0 aromatic rings. The van der Waals surface area contributed by atoms with Crippen LogP contribution in [0.2, 0.25) is 0 Å². The Hall–Kier alpha value is -2.37. The zero-order valence-corrected chi connectivity index (χ0v) is 42.1. The van der Waals surface area contributed by atoms with Gasteiger partial charge in [0.2, 0.25) is 0 Å². The Bertz CT molecular complexity index is 1060. The number of unbranched alkanes of at least 4 members (excludes halogenated alkanes) is 33. The number of esters is 3. The predicted octanol–water partition coefficient (Wildman–Crippen LogP) is 18.1. The first-order chi connectivity index (χ1) is 31.0. The quantitative estimate of drug-likeness (QED) is 0.0262. The number of allylic oxidation sites excluding steroid dienone is 6. The average molecular weight is 885 g/mol. The van der Waals surface area contributed by atoms with E-state index in [1.807, 2.05) is 0 Å². The van der Waals surface area contributed by atoms with Gasteiger partial charge < -0.3 is 14.2 Å². The molecule has 0 aliphatic carbocycles. The summed E-state index contributed by atoms with van der Waals surface area (Å²) in [5, 5.41) is 0. The Labute approximate surface area is 391 Å². The van der Waals surface area contributed by atoms with Crippen LogP contribution in [0.15, 0.2) is 36.5 Å². The number of ether oxygens (including phenoxy) is 3. The van der Waals surface area contributed by atoms with Crippen LogP contribution in [0.4, 0.5) is 0 Å². The van der Waals surface area contributed by atoms with Gasteiger partial charge in [-0.3, -0.25) is 14.4 Å². The zero-order chi connectivity index (χ0) is 45.8. The highest BCUT2D eigenvalue weighted by Gasteiger charge is 2.19. The Morgan fingerprint density at radius 2 is 0.571 bits per heavy atom. The molecule has 0 amide bonds. The number of rotatable bonds is 50. The van der Waals surface area contributed by atoms with Crippen molar-refractivity contribution in [3.05, 3.63) is 36.5 Å². The van der Waals surface area contributed by atoms with E-state index in [0.29, 0.717) is 19.3 Å². The molecule has 6 heteroatoms. The number of hydrogen-bond acceptors (Lipinski definition) is 6. The summed E-state index contributed by atoms with van der Waals surface area (Å²) in [5.74, 6) is -0.879. The summed E-state index contributed by atoms with van der Waals surface area (Å²) in [7, 11) is 0. The van der Waals surface area contributed by atoms with Gasteiger partial charge in [0.15, 0.2) is 6.10 Å². The van der Waals surface area contributed by atoms with Crippen LogP contribution in [0.3, 0.4) is 0 Å². The molecule has 63 heavy (non-hydrogen) atoms. The van der Waals surface area contributed by atoms with Crippen molar-refractivity contribution in [1.82, 2.24) is 0 Å². The van der Waals surface area contributed by atoms with Crippen LogP contribution in [-0.2, 0) is 28.6 Å². The highest BCUT2D eigenvalue weighted by atomic mass is 16.6. The van der Waals surface area contributed by atoms with E-state index < -0.39 is 6.10 Å². The van der Waals surface area contributed by atoms with E-state index in [9.17, 15) is 14.4 Å². The molecule has 6 nitrogen and oxygen atoms in total. The molecule has 0 radical (unpaired) electrons. The van der Waals surface area contributed by atoms with Gasteiger partial charge in [-0.15, -0.1) is 0 Å². The van der Waals surface area contributed by atoms with E-state index in [1.165, 1.54) is 180 Å². The first-order valence-corrected chi connectivity index (χ1v) is 27.5.